The molecule has 0 saturated carbocycles. The van der Waals surface area contributed by atoms with Crippen LogP contribution in [0.3, 0.4) is 0 Å². The third-order valence-electron chi connectivity index (χ3n) is 5.29. The number of nitrogens with one attached hydrogen (secondary N) is 3. The second-order valence-electron chi connectivity index (χ2n) is 7.81. The fourth-order valence-corrected chi connectivity index (χ4v) is 5.36. The van der Waals surface area contributed by atoms with Crippen molar-refractivity contribution < 1.29 is 18.0 Å². The van der Waals surface area contributed by atoms with Gasteiger partial charge in [0, 0.05) is 28.0 Å². The van der Waals surface area contributed by atoms with E-state index in [2.05, 4.69) is 16.0 Å². The van der Waals surface area contributed by atoms with Gasteiger partial charge in [-0.1, -0.05) is 35.9 Å². The Morgan fingerprint density at radius 1 is 0.788 bits per heavy atom. The summed E-state index contributed by atoms with van der Waals surface area (Å²) in [4.78, 5) is 24.4. The number of hydrogen-bond acceptors (Lipinski definition) is 4. The lowest BCUT2D eigenvalue weighted by molar-refractivity contribution is 0.102. The van der Waals surface area contributed by atoms with Crippen molar-refractivity contribution in [2.24, 2.45) is 0 Å². The van der Waals surface area contributed by atoms with Crippen LogP contribution in [0.1, 0.15) is 16.8 Å². The average molecular weight is 484 g/mol. The van der Waals surface area contributed by atoms with Gasteiger partial charge in [-0.15, -0.1) is 0 Å². The molecule has 1 heterocycles. The van der Waals surface area contributed by atoms with E-state index in [-0.39, 0.29) is 23.5 Å². The van der Waals surface area contributed by atoms with Gasteiger partial charge < -0.3 is 16.0 Å². The van der Waals surface area contributed by atoms with Crippen LogP contribution in [0, 0.1) is 0 Å². The molecule has 1 atom stereocenters. The number of carbonyl (C=O) groups is 2. The minimum atomic E-state index is -3.05. The molecule has 4 rings (SSSR count). The number of hydrogen-bond donors (Lipinski definition) is 3. The Hall–Kier alpha value is -3.36. The predicted octanol–water partition coefficient (Wildman–Crippen LogP) is 4.57. The first-order valence-corrected chi connectivity index (χ1v) is 12.5. The van der Waals surface area contributed by atoms with Gasteiger partial charge in [0.05, 0.1) is 11.5 Å². The summed E-state index contributed by atoms with van der Waals surface area (Å²) in [5.74, 6) is -0.130. The largest absolute Gasteiger partial charge is 0.334 e. The molecule has 0 aromatic heterocycles. The van der Waals surface area contributed by atoms with Crippen molar-refractivity contribution in [3.05, 3.63) is 83.4 Å². The molecular weight excluding hydrogens is 462 g/mol. The minimum absolute atomic E-state index is 0.0183. The van der Waals surface area contributed by atoms with E-state index in [0.29, 0.717) is 28.4 Å². The molecule has 1 saturated heterocycles. The third kappa shape index (κ3) is 6.12. The van der Waals surface area contributed by atoms with Crippen molar-refractivity contribution in [1.82, 2.24) is 5.32 Å². The molecule has 1 aliphatic rings. The molecule has 3 aromatic rings. The summed E-state index contributed by atoms with van der Waals surface area (Å²) in [6.07, 6.45) is 0.435. The van der Waals surface area contributed by atoms with E-state index in [9.17, 15) is 18.0 Å². The number of sulfone groups is 1. The van der Waals surface area contributed by atoms with Crippen molar-refractivity contribution >= 4 is 44.8 Å². The van der Waals surface area contributed by atoms with Gasteiger partial charge >= 0.3 is 6.03 Å². The zero-order chi connectivity index (χ0) is 23.4. The fraction of sp³-hybridized carbons (Fsp3) is 0.167. The van der Waals surface area contributed by atoms with Crippen LogP contribution in [-0.2, 0) is 9.84 Å². The fourth-order valence-electron chi connectivity index (χ4n) is 3.56. The smallest absolute Gasteiger partial charge is 0.319 e. The number of carbonyl (C=O) groups excluding carboxylic acids is 2. The summed E-state index contributed by atoms with van der Waals surface area (Å²) in [7, 11) is -3.05. The maximum atomic E-state index is 12.3. The van der Waals surface area contributed by atoms with E-state index < -0.39 is 15.9 Å². The first-order valence-electron chi connectivity index (χ1n) is 10.3. The van der Waals surface area contributed by atoms with Gasteiger partial charge in [-0.2, -0.15) is 0 Å². The van der Waals surface area contributed by atoms with Crippen molar-refractivity contribution in [2.75, 3.05) is 22.1 Å². The SMILES string of the molecule is O=C(Nc1ccc(-c2ccc(NC(=O)c3ccc(Cl)cc3)cc2)cc1)NC1CCS(=O)(=O)C1. The van der Waals surface area contributed by atoms with Gasteiger partial charge in [0.2, 0.25) is 0 Å². The number of benzene rings is 3. The lowest BCUT2D eigenvalue weighted by atomic mass is 10.0. The van der Waals surface area contributed by atoms with E-state index in [1.807, 2.05) is 36.4 Å². The highest BCUT2D eigenvalue weighted by molar-refractivity contribution is 7.91. The van der Waals surface area contributed by atoms with E-state index in [0.717, 1.165) is 11.1 Å². The van der Waals surface area contributed by atoms with Crippen LogP contribution >= 0.6 is 11.6 Å². The molecule has 3 amide bonds. The van der Waals surface area contributed by atoms with Crippen molar-refractivity contribution in [2.45, 2.75) is 12.5 Å². The van der Waals surface area contributed by atoms with Gasteiger partial charge in [0.15, 0.2) is 9.84 Å². The molecule has 0 bridgehead atoms. The Bertz CT molecular complexity index is 1260. The molecule has 170 valence electrons. The molecule has 9 heteroatoms. The standard InChI is InChI=1S/C24H22ClN3O4S/c25-19-7-1-18(2-8-19)23(29)26-20-9-3-16(4-10-20)17-5-11-21(12-6-17)27-24(30)28-22-13-14-33(31,32)15-22/h1-12,22H,13-15H2,(H,26,29)(H2,27,28,30). The summed E-state index contributed by atoms with van der Waals surface area (Å²) in [6.45, 7) is 0. The maximum absolute atomic E-state index is 12.3. The van der Waals surface area contributed by atoms with Crippen molar-refractivity contribution in [3.8, 4) is 11.1 Å². The number of anilines is 2. The first kappa shape index (κ1) is 22.8. The summed E-state index contributed by atoms with van der Waals surface area (Å²) < 4.78 is 23.0. The van der Waals surface area contributed by atoms with E-state index in [1.54, 1.807) is 36.4 Å². The Morgan fingerprint density at radius 2 is 1.33 bits per heavy atom. The highest BCUT2D eigenvalue weighted by Crippen LogP contribution is 2.24. The molecular formula is C24H22ClN3O4S. The number of halogens is 1. The van der Waals surface area contributed by atoms with Crippen LogP contribution in [-0.4, -0.2) is 37.9 Å². The Balaban J connectivity index is 1.33. The van der Waals surface area contributed by atoms with Gasteiger partial charge in [-0.3, -0.25) is 4.79 Å². The normalized spacial score (nSPS) is 16.7. The molecule has 0 spiro atoms. The Labute approximate surface area is 197 Å². The van der Waals surface area contributed by atoms with Crippen LogP contribution in [0.5, 0.6) is 0 Å². The van der Waals surface area contributed by atoms with E-state index in [4.69, 9.17) is 11.6 Å². The topological polar surface area (TPSA) is 104 Å². The van der Waals surface area contributed by atoms with Gasteiger partial charge in [0.1, 0.15) is 0 Å². The molecule has 33 heavy (non-hydrogen) atoms. The highest BCUT2D eigenvalue weighted by atomic mass is 35.5. The second-order valence-corrected chi connectivity index (χ2v) is 10.5. The number of amides is 3. The summed E-state index contributed by atoms with van der Waals surface area (Å²) >= 11 is 5.85. The Morgan fingerprint density at radius 3 is 1.85 bits per heavy atom. The molecule has 3 N–H and O–H groups in total. The lowest BCUT2D eigenvalue weighted by Crippen LogP contribution is -2.38. The zero-order valence-electron chi connectivity index (χ0n) is 17.5. The molecule has 7 nitrogen and oxygen atoms in total. The molecule has 3 aromatic carbocycles. The van der Waals surface area contributed by atoms with Crippen LogP contribution in [0.2, 0.25) is 5.02 Å². The molecule has 1 fully saturated rings. The molecule has 0 aliphatic carbocycles. The Kier molecular flexibility index (Phi) is 6.67. The monoisotopic (exact) mass is 483 g/mol. The maximum Gasteiger partial charge on any atom is 0.319 e. The summed E-state index contributed by atoms with van der Waals surface area (Å²) in [6, 6.07) is 20.6. The van der Waals surface area contributed by atoms with Gasteiger partial charge in [-0.05, 0) is 66.1 Å². The van der Waals surface area contributed by atoms with Crippen LogP contribution in [0.25, 0.3) is 11.1 Å². The lowest BCUT2D eigenvalue weighted by Gasteiger charge is -2.12. The van der Waals surface area contributed by atoms with Gasteiger partial charge in [0.25, 0.3) is 5.91 Å². The van der Waals surface area contributed by atoms with Crippen LogP contribution < -0.4 is 16.0 Å². The minimum Gasteiger partial charge on any atom is -0.334 e. The number of urea groups is 1. The predicted molar refractivity (Wildman–Crippen MR) is 130 cm³/mol. The second kappa shape index (κ2) is 9.64. The molecule has 1 aliphatic heterocycles. The quantitative estimate of drug-likeness (QED) is 0.494. The molecule has 1 unspecified atom stereocenters. The average Bonchev–Trinajstić information content (AvgIpc) is 3.13. The first-order chi connectivity index (χ1) is 15.8. The number of rotatable bonds is 5. The van der Waals surface area contributed by atoms with Crippen LogP contribution in [0.4, 0.5) is 16.2 Å². The summed E-state index contributed by atoms with van der Waals surface area (Å²) in [5.41, 5.74) is 3.68. The van der Waals surface area contributed by atoms with Crippen LogP contribution in [0.15, 0.2) is 72.8 Å². The summed E-state index contributed by atoms with van der Waals surface area (Å²) in [5, 5.41) is 8.84. The van der Waals surface area contributed by atoms with E-state index >= 15 is 0 Å². The van der Waals surface area contributed by atoms with Gasteiger partial charge in [-0.25, -0.2) is 13.2 Å². The highest BCUT2D eigenvalue weighted by Gasteiger charge is 2.28. The third-order valence-corrected chi connectivity index (χ3v) is 7.31. The zero-order valence-corrected chi connectivity index (χ0v) is 19.1. The van der Waals surface area contributed by atoms with Crippen molar-refractivity contribution in [1.29, 1.82) is 0 Å². The van der Waals surface area contributed by atoms with E-state index in [1.165, 1.54) is 0 Å². The van der Waals surface area contributed by atoms with Crippen molar-refractivity contribution in [3.63, 3.8) is 0 Å². The molecule has 0 radical (unpaired) electrons.